The summed E-state index contributed by atoms with van der Waals surface area (Å²) in [5, 5.41) is 0. The highest BCUT2D eigenvalue weighted by Gasteiger charge is 2.29. The van der Waals surface area contributed by atoms with Gasteiger partial charge in [0.1, 0.15) is 0 Å². The van der Waals surface area contributed by atoms with E-state index in [2.05, 4.69) is 51.3 Å². The Bertz CT molecular complexity index is 270. The minimum Gasteiger partial charge on any atom is -0.326 e. The van der Waals surface area contributed by atoms with E-state index in [9.17, 15) is 0 Å². The molecule has 2 fully saturated rings. The first-order valence-corrected chi connectivity index (χ1v) is 7.95. The number of nitrogens with two attached hydrogens (primary N) is 1. The molecule has 5 heteroatoms. The summed E-state index contributed by atoms with van der Waals surface area (Å²) in [7, 11) is 0. The Morgan fingerprint density at radius 1 is 0.952 bits per heavy atom. The molecule has 2 N–H and O–H groups in total. The van der Waals surface area contributed by atoms with Crippen LogP contribution >= 0.6 is 27.0 Å². The third-order valence-corrected chi connectivity index (χ3v) is 4.42. The minimum atomic E-state index is 0. The lowest BCUT2D eigenvalue weighted by molar-refractivity contribution is 0.243. The van der Waals surface area contributed by atoms with Crippen molar-refractivity contribution in [2.45, 2.75) is 72.5 Å². The Morgan fingerprint density at radius 3 is 1.67 bits per heavy atom. The maximum Gasteiger partial charge on any atom is 0.0180 e. The Morgan fingerprint density at radius 2 is 1.48 bits per heavy atom. The molecule has 2 heterocycles. The fourth-order valence-electron chi connectivity index (χ4n) is 2.88. The number of likely N-dealkylation sites (tertiary alicyclic amines) is 2. The molecule has 2 saturated heterocycles. The van der Waals surface area contributed by atoms with Crippen molar-refractivity contribution in [1.29, 1.82) is 0 Å². The molecule has 0 spiro atoms. The summed E-state index contributed by atoms with van der Waals surface area (Å²) in [6, 6.07) is 1.85. The van der Waals surface area contributed by atoms with E-state index in [1.807, 2.05) is 0 Å². The van der Waals surface area contributed by atoms with Gasteiger partial charge < -0.3 is 10.6 Å². The number of hydrogen-bond donors (Lipinski definition) is 1. The Labute approximate surface area is 146 Å². The summed E-state index contributed by atoms with van der Waals surface area (Å²) in [6.45, 7) is 18.6. The lowest BCUT2D eigenvalue weighted by atomic mass is 9.93. The van der Waals surface area contributed by atoms with Gasteiger partial charge in [0.05, 0.1) is 0 Å². The fourth-order valence-corrected chi connectivity index (χ4v) is 2.88. The summed E-state index contributed by atoms with van der Waals surface area (Å²) < 4.78 is 0. The van der Waals surface area contributed by atoms with Crippen molar-refractivity contribution in [2.24, 2.45) is 11.1 Å². The van der Waals surface area contributed by atoms with Crippen LogP contribution in [0.4, 0.5) is 0 Å². The highest BCUT2D eigenvalue weighted by Crippen LogP contribution is 2.29. The van der Waals surface area contributed by atoms with Crippen LogP contribution in [0.25, 0.3) is 0 Å². The van der Waals surface area contributed by atoms with Crippen molar-refractivity contribution in [2.75, 3.05) is 26.2 Å². The van der Waals surface area contributed by atoms with Crippen LogP contribution in [0.3, 0.4) is 0 Å². The van der Waals surface area contributed by atoms with Crippen molar-refractivity contribution in [3.05, 3.63) is 0 Å². The normalized spacial score (nSPS) is 25.3. The predicted molar refractivity (Wildman–Crippen MR) is 105 cm³/mol. The van der Waals surface area contributed by atoms with E-state index in [4.69, 9.17) is 5.73 Å². The Balaban J connectivity index is 0. The molecule has 1 atom stereocenters. The Kier molecular flexibility index (Phi) is 11.8. The molecule has 2 aliphatic heterocycles. The van der Waals surface area contributed by atoms with E-state index in [1.54, 1.807) is 0 Å². The van der Waals surface area contributed by atoms with Crippen LogP contribution in [0.5, 0.6) is 0 Å². The Hall–Kier alpha value is 0.580. The number of nitrogens with zero attached hydrogens (tertiary/aromatic N) is 2. The molecule has 21 heavy (non-hydrogen) atoms. The molecule has 0 unspecified atom stereocenters. The molecule has 0 aromatic carbocycles. The van der Waals surface area contributed by atoms with Gasteiger partial charge in [-0.3, -0.25) is 4.90 Å². The van der Waals surface area contributed by atoms with Gasteiger partial charge in [0.2, 0.25) is 0 Å². The molecule has 0 amide bonds. The van der Waals surface area contributed by atoms with Crippen LogP contribution in [0.15, 0.2) is 0 Å². The first-order valence-electron chi connectivity index (χ1n) is 7.95. The summed E-state index contributed by atoms with van der Waals surface area (Å²) in [6.07, 6.45) is 2.54. The molecule has 0 radical (unpaired) electrons. The topological polar surface area (TPSA) is 32.5 Å². The van der Waals surface area contributed by atoms with Gasteiger partial charge in [-0.15, -0.1) is 0 Å². The monoisotopic (exact) mass is 337 g/mol. The summed E-state index contributed by atoms with van der Waals surface area (Å²) in [5.41, 5.74) is 6.29. The van der Waals surface area contributed by atoms with Crippen molar-refractivity contribution in [3.8, 4) is 0 Å². The number of hydrogen-bond acceptors (Lipinski definition) is 3. The van der Waals surface area contributed by atoms with Gasteiger partial charge in [-0.25, -0.2) is 0 Å². The second-order valence-corrected chi connectivity index (χ2v) is 7.62. The quantitative estimate of drug-likeness (QED) is 0.841. The minimum absolute atomic E-state index is 0. The maximum absolute atomic E-state index is 5.72. The van der Waals surface area contributed by atoms with Gasteiger partial charge in [-0.1, -0.05) is 13.8 Å². The molecule has 0 aromatic rings. The largest absolute Gasteiger partial charge is 0.326 e. The standard InChI is InChI=1S/C9H19N.C7H16N2.2H2S/c1-8(2)10-6-5-9(3,4)7-10;1-6(2)9-4-3-7(8)5-9;;/h8H,5-7H2,1-4H3;6-7H,3-5,8H2,1-2H3;2*1H2/t;7-;;/m.0../s1. The van der Waals surface area contributed by atoms with Gasteiger partial charge in [-0.05, 0) is 59.0 Å². The second-order valence-electron chi connectivity index (χ2n) is 7.62. The molecule has 2 aliphatic rings. The van der Waals surface area contributed by atoms with Gasteiger partial charge in [-0.2, -0.15) is 27.0 Å². The molecule has 2 rings (SSSR count). The maximum atomic E-state index is 5.72. The smallest absolute Gasteiger partial charge is 0.0180 e. The van der Waals surface area contributed by atoms with Crippen molar-refractivity contribution >= 4 is 27.0 Å². The van der Waals surface area contributed by atoms with E-state index in [0.717, 1.165) is 12.6 Å². The van der Waals surface area contributed by atoms with Crippen LogP contribution in [-0.4, -0.2) is 54.1 Å². The fraction of sp³-hybridized carbons (Fsp3) is 1.00. The molecule has 0 bridgehead atoms. The average molecular weight is 338 g/mol. The zero-order valence-corrected chi connectivity index (χ0v) is 16.9. The van der Waals surface area contributed by atoms with Gasteiger partial charge in [0.25, 0.3) is 0 Å². The van der Waals surface area contributed by atoms with Crippen molar-refractivity contribution < 1.29 is 0 Å². The molecule has 0 aliphatic carbocycles. The molecule has 0 aromatic heterocycles. The van der Waals surface area contributed by atoms with E-state index in [1.165, 1.54) is 32.5 Å². The van der Waals surface area contributed by atoms with Gasteiger partial charge >= 0.3 is 0 Å². The zero-order valence-electron chi connectivity index (χ0n) is 14.9. The molecule has 130 valence electrons. The van der Waals surface area contributed by atoms with Crippen molar-refractivity contribution in [1.82, 2.24) is 9.80 Å². The second kappa shape index (κ2) is 10.4. The third kappa shape index (κ3) is 8.70. The summed E-state index contributed by atoms with van der Waals surface area (Å²) in [4.78, 5) is 4.98. The van der Waals surface area contributed by atoms with E-state index >= 15 is 0 Å². The van der Waals surface area contributed by atoms with Crippen LogP contribution in [0.1, 0.15) is 54.4 Å². The first-order chi connectivity index (χ1) is 8.71. The van der Waals surface area contributed by atoms with Gasteiger partial charge in [0, 0.05) is 31.2 Å². The SMILES string of the molecule is CC(C)N1CCC(C)(C)C1.CC(C)N1CC[C@H](N)C1.S.S. The highest BCUT2D eigenvalue weighted by molar-refractivity contribution is 7.59. The average Bonchev–Trinajstić information content (AvgIpc) is 2.85. The number of rotatable bonds is 2. The predicted octanol–water partition coefficient (Wildman–Crippen LogP) is 2.78. The molecular weight excluding hydrogens is 298 g/mol. The highest BCUT2D eigenvalue weighted by atomic mass is 32.1. The van der Waals surface area contributed by atoms with Crippen molar-refractivity contribution in [3.63, 3.8) is 0 Å². The third-order valence-electron chi connectivity index (χ3n) is 4.42. The van der Waals surface area contributed by atoms with Crippen LogP contribution in [0.2, 0.25) is 0 Å². The zero-order chi connectivity index (χ0) is 14.6. The van der Waals surface area contributed by atoms with Crippen LogP contribution < -0.4 is 5.73 Å². The van der Waals surface area contributed by atoms with E-state index < -0.39 is 0 Å². The van der Waals surface area contributed by atoms with Crippen LogP contribution in [-0.2, 0) is 0 Å². The first kappa shape index (κ1) is 23.8. The van der Waals surface area contributed by atoms with Gasteiger partial charge in [0.15, 0.2) is 0 Å². The van der Waals surface area contributed by atoms with E-state index in [-0.39, 0.29) is 27.0 Å². The lowest BCUT2D eigenvalue weighted by Gasteiger charge is -2.22. The summed E-state index contributed by atoms with van der Waals surface area (Å²) >= 11 is 0. The molecule has 0 saturated carbocycles. The van der Waals surface area contributed by atoms with E-state index in [0.29, 0.717) is 17.5 Å². The molecular formula is C16H39N3S2. The summed E-state index contributed by atoms with van der Waals surface area (Å²) in [5.74, 6) is 0. The lowest BCUT2D eigenvalue weighted by Crippen LogP contribution is -2.31. The van der Waals surface area contributed by atoms with Crippen LogP contribution in [0, 0.1) is 5.41 Å². The molecule has 3 nitrogen and oxygen atoms in total.